The summed E-state index contributed by atoms with van der Waals surface area (Å²) in [5.74, 6) is -0.392. The maximum Gasteiger partial charge on any atom is 0.271 e. The van der Waals surface area contributed by atoms with Crippen molar-refractivity contribution in [3.8, 4) is 17.0 Å². The number of nitrogens with zero attached hydrogens (tertiary/aromatic N) is 2. The van der Waals surface area contributed by atoms with Crippen molar-refractivity contribution in [3.05, 3.63) is 121 Å². The van der Waals surface area contributed by atoms with Crippen LogP contribution in [0.2, 0.25) is 5.02 Å². The number of amides is 2. The van der Waals surface area contributed by atoms with Crippen molar-refractivity contribution in [2.45, 2.75) is 6.92 Å². The molecule has 12 heteroatoms. The van der Waals surface area contributed by atoms with Crippen LogP contribution in [-0.4, -0.2) is 29.6 Å². The Labute approximate surface area is 279 Å². The number of benzene rings is 4. The van der Waals surface area contributed by atoms with Gasteiger partial charge in [-0.2, -0.15) is 5.10 Å². The molecule has 8 nitrogen and oxygen atoms in total. The highest BCUT2D eigenvalue weighted by Gasteiger charge is 2.13. The van der Waals surface area contributed by atoms with Gasteiger partial charge in [0.05, 0.1) is 27.1 Å². The predicted molar refractivity (Wildman–Crippen MR) is 184 cm³/mol. The summed E-state index contributed by atoms with van der Waals surface area (Å²) in [6.45, 7) is 1.77. The number of hydrogen-bond donors (Lipinski definition) is 3. The third-order valence-corrected chi connectivity index (χ3v) is 8.29. The van der Waals surface area contributed by atoms with Gasteiger partial charge in [0, 0.05) is 32.2 Å². The summed E-state index contributed by atoms with van der Waals surface area (Å²) in [6.07, 6.45) is 1.45. The van der Waals surface area contributed by atoms with E-state index in [4.69, 9.17) is 16.3 Å². The number of aryl methyl sites for hydroxylation is 1. The molecule has 222 valence electrons. The van der Waals surface area contributed by atoms with Gasteiger partial charge < -0.3 is 15.4 Å². The lowest BCUT2D eigenvalue weighted by Crippen LogP contribution is -2.21. The molecule has 0 aliphatic heterocycles. The molecule has 0 atom stereocenters. The number of carbonyl (C=O) groups is 2. The number of rotatable bonds is 10. The molecule has 0 saturated carbocycles. The number of carbonyl (C=O) groups excluding carboxylic acids is 2. The van der Waals surface area contributed by atoms with Gasteiger partial charge >= 0.3 is 0 Å². The first kappa shape index (κ1) is 31.4. The molecule has 0 saturated heterocycles. The third-order valence-electron chi connectivity index (χ3n) is 6.15. The Morgan fingerprint density at radius 3 is 2.52 bits per heavy atom. The van der Waals surface area contributed by atoms with E-state index in [1.807, 2.05) is 48.7 Å². The molecule has 1 heterocycles. The first-order chi connectivity index (χ1) is 21.2. The number of para-hydroxylation sites is 1. The molecule has 4 aromatic carbocycles. The lowest BCUT2D eigenvalue weighted by molar-refractivity contribution is -0.118. The first-order valence-corrected chi connectivity index (χ1v) is 16.0. The van der Waals surface area contributed by atoms with Crippen molar-refractivity contribution in [2.75, 3.05) is 17.2 Å². The van der Waals surface area contributed by atoms with E-state index < -0.39 is 0 Å². The average Bonchev–Trinajstić information content (AvgIpc) is 3.47. The summed E-state index contributed by atoms with van der Waals surface area (Å²) in [5.41, 5.74) is 7.85. The van der Waals surface area contributed by atoms with E-state index >= 15 is 0 Å². The Bertz CT molecular complexity index is 1830. The van der Waals surface area contributed by atoms with Gasteiger partial charge in [0.2, 0.25) is 0 Å². The van der Waals surface area contributed by atoms with Crippen LogP contribution in [0.1, 0.15) is 21.5 Å². The topological polar surface area (TPSA) is 105 Å². The Morgan fingerprint density at radius 1 is 1.02 bits per heavy atom. The van der Waals surface area contributed by atoms with E-state index in [-0.39, 0.29) is 18.4 Å². The standard InChI is InChI=1S/C32H24Br2ClN5O3S/c1-19-6-12-24(13-7-19)37-32-39-28(18-44-32)20-8-10-21(11-9-20)31(42)40-36-16-22-14-23(33)15-25(34)30(22)43-17-29(41)38-27-5-3-2-4-26(27)35/h2-16,18H,17H2,1H3,(H,37,39)(H,38,41)(H,40,42)/b36-16+. The second-order valence-electron chi connectivity index (χ2n) is 9.43. The minimum atomic E-state index is -0.386. The van der Waals surface area contributed by atoms with E-state index in [0.717, 1.165) is 26.5 Å². The molecule has 0 spiro atoms. The van der Waals surface area contributed by atoms with E-state index in [1.54, 1.807) is 48.5 Å². The molecule has 5 rings (SSSR count). The fourth-order valence-corrected chi connectivity index (χ4v) is 6.25. The maximum absolute atomic E-state index is 12.8. The van der Waals surface area contributed by atoms with Gasteiger partial charge in [-0.3, -0.25) is 9.59 Å². The van der Waals surface area contributed by atoms with Crippen LogP contribution in [0, 0.1) is 6.92 Å². The van der Waals surface area contributed by atoms with Crippen LogP contribution < -0.4 is 20.8 Å². The van der Waals surface area contributed by atoms with E-state index in [2.05, 4.69) is 58.0 Å². The van der Waals surface area contributed by atoms with Gasteiger partial charge in [-0.25, -0.2) is 10.4 Å². The van der Waals surface area contributed by atoms with Crippen LogP contribution in [0.3, 0.4) is 0 Å². The second-order valence-corrected chi connectivity index (χ2v) is 12.5. The molecular formula is C32H24Br2ClN5O3S. The zero-order valence-corrected chi connectivity index (χ0v) is 27.9. The maximum atomic E-state index is 12.8. The molecule has 2 amide bonds. The Hall–Kier alpha value is -4.03. The Balaban J connectivity index is 1.19. The van der Waals surface area contributed by atoms with Crippen LogP contribution in [0.15, 0.2) is 104 Å². The van der Waals surface area contributed by atoms with Crippen molar-refractivity contribution in [1.29, 1.82) is 0 Å². The molecule has 5 aromatic rings. The van der Waals surface area contributed by atoms with Gasteiger partial charge in [-0.05, 0) is 71.4 Å². The molecule has 0 fully saturated rings. The fraction of sp³-hybridized carbons (Fsp3) is 0.0625. The zero-order valence-electron chi connectivity index (χ0n) is 23.1. The van der Waals surface area contributed by atoms with Crippen LogP contribution in [-0.2, 0) is 4.79 Å². The number of aromatic nitrogens is 1. The Kier molecular flexibility index (Phi) is 10.4. The van der Waals surface area contributed by atoms with Gasteiger partial charge in [0.1, 0.15) is 5.75 Å². The molecule has 0 aliphatic rings. The summed E-state index contributed by atoms with van der Waals surface area (Å²) in [5, 5.41) is 13.3. The summed E-state index contributed by atoms with van der Waals surface area (Å²) < 4.78 is 7.14. The second kappa shape index (κ2) is 14.6. The number of anilines is 3. The molecule has 0 unspecified atom stereocenters. The highest BCUT2D eigenvalue weighted by Crippen LogP contribution is 2.32. The number of ether oxygens (including phenoxy) is 1. The smallest absolute Gasteiger partial charge is 0.271 e. The number of thiazole rings is 1. The largest absolute Gasteiger partial charge is 0.482 e. The third kappa shape index (κ3) is 8.32. The Morgan fingerprint density at radius 2 is 1.77 bits per heavy atom. The molecular weight excluding hydrogens is 730 g/mol. The minimum Gasteiger partial charge on any atom is -0.482 e. The summed E-state index contributed by atoms with van der Waals surface area (Å²) in [7, 11) is 0. The quantitative estimate of drug-likeness (QED) is 0.0977. The van der Waals surface area contributed by atoms with Gasteiger partial charge in [0.25, 0.3) is 11.8 Å². The van der Waals surface area contributed by atoms with E-state index in [9.17, 15) is 9.59 Å². The van der Waals surface area contributed by atoms with E-state index in [1.165, 1.54) is 23.1 Å². The number of hydrogen-bond acceptors (Lipinski definition) is 7. The molecule has 44 heavy (non-hydrogen) atoms. The lowest BCUT2D eigenvalue weighted by atomic mass is 10.1. The van der Waals surface area contributed by atoms with Gasteiger partial charge in [-0.15, -0.1) is 11.3 Å². The highest BCUT2D eigenvalue weighted by atomic mass is 79.9. The first-order valence-electron chi connectivity index (χ1n) is 13.1. The molecule has 0 bridgehead atoms. The SMILES string of the molecule is Cc1ccc(Nc2nc(-c3ccc(C(=O)N/N=C/c4cc(Br)cc(Br)c4OCC(=O)Nc4ccccc4Cl)cc3)cs2)cc1. The summed E-state index contributed by atoms with van der Waals surface area (Å²) in [4.78, 5) is 29.9. The van der Waals surface area contributed by atoms with Gasteiger partial charge in [-0.1, -0.05) is 69.5 Å². The number of nitrogens with one attached hydrogen (secondary N) is 3. The average molecular weight is 754 g/mol. The minimum absolute atomic E-state index is 0.270. The zero-order chi connectivity index (χ0) is 31.1. The molecule has 1 aromatic heterocycles. The summed E-state index contributed by atoms with van der Waals surface area (Å²) >= 11 is 14.5. The fourth-order valence-electron chi connectivity index (χ4n) is 3.96. The highest BCUT2D eigenvalue weighted by molar-refractivity contribution is 9.11. The predicted octanol–water partition coefficient (Wildman–Crippen LogP) is 8.82. The van der Waals surface area contributed by atoms with Crippen molar-refractivity contribution in [1.82, 2.24) is 10.4 Å². The molecule has 0 aliphatic carbocycles. The van der Waals surface area contributed by atoms with Crippen LogP contribution in [0.4, 0.5) is 16.5 Å². The lowest BCUT2D eigenvalue weighted by Gasteiger charge is -2.12. The van der Waals surface area contributed by atoms with E-state index in [0.29, 0.717) is 32.1 Å². The normalized spacial score (nSPS) is 10.9. The van der Waals surface area contributed by atoms with Crippen LogP contribution in [0.25, 0.3) is 11.3 Å². The van der Waals surface area contributed by atoms with Crippen molar-refractivity contribution in [3.63, 3.8) is 0 Å². The monoisotopic (exact) mass is 751 g/mol. The van der Waals surface area contributed by atoms with Crippen LogP contribution in [0.5, 0.6) is 5.75 Å². The van der Waals surface area contributed by atoms with Crippen molar-refractivity contribution < 1.29 is 14.3 Å². The van der Waals surface area contributed by atoms with Crippen LogP contribution >= 0.6 is 54.8 Å². The van der Waals surface area contributed by atoms with Crippen molar-refractivity contribution in [2.24, 2.45) is 5.10 Å². The number of hydrazone groups is 1. The van der Waals surface area contributed by atoms with Gasteiger partial charge in [0.15, 0.2) is 11.7 Å². The molecule has 3 N–H and O–H groups in total. The van der Waals surface area contributed by atoms with Crippen molar-refractivity contribution >= 4 is 89.3 Å². The molecule has 0 radical (unpaired) electrons. The summed E-state index contributed by atoms with van der Waals surface area (Å²) in [6, 6.07) is 25.7. The number of halogens is 3.